The second kappa shape index (κ2) is 7.29. The normalized spacial score (nSPS) is 19.8. The van der Waals surface area contributed by atoms with Crippen LogP contribution in [0.5, 0.6) is 11.5 Å². The van der Waals surface area contributed by atoms with Crippen LogP contribution in [0.4, 0.5) is 0 Å². The molecule has 0 bridgehead atoms. The van der Waals surface area contributed by atoms with E-state index in [1.807, 2.05) is 53.5 Å². The van der Waals surface area contributed by atoms with E-state index in [0.717, 1.165) is 40.3 Å². The number of nitrogens with zero attached hydrogens (tertiary/aromatic N) is 2. The number of para-hydroxylation sites is 1. The van der Waals surface area contributed by atoms with Crippen molar-refractivity contribution in [3.8, 4) is 11.5 Å². The van der Waals surface area contributed by atoms with E-state index in [0.29, 0.717) is 10.0 Å². The fraction of sp³-hybridized carbons (Fsp3) is 0.174. The van der Waals surface area contributed by atoms with Crippen LogP contribution in [0, 0.1) is 0 Å². The lowest BCUT2D eigenvalue weighted by molar-refractivity contribution is -0.0189. The van der Waals surface area contributed by atoms with Crippen LogP contribution < -0.4 is 9.47 Å². The van der Waals surface area contributed by atoms with Gasteiger partial charge in [-0.15, -0.1) is 0 Å². The predicted octanol–water partition coefficient (Wildman–Crippen LogP) is 6.24. The fourth-order valence-electron chi connectivity index (χ4n) is 3.92. The third-order valence-electron chi connectivity index (χ3n) is 5.33. The number of halogens is 2. The Labute approximate surface area is 179 Å². The summed E-state index contributed by atoms with van der Waals surface area (Å²) in [5.74, 6) is 1.66. The van der Waals surface area contributed by atoms with E-state index in [1.54, 1.807) is 13.2 Å². The zero-order valence-electron chi connectivity index (χ0n) is 15.7. The van der Waals surface area contributed by atoms with Gasteiger partial charge in [0.1, 0.15) is 11.5 Å². The van der Waals surface area contributed by atoms with Crippen molar-refractivity contribution >= 4 is 28.9 Å². The molecule has 0 N–H and O–H groups in total. The van der Waals surface area contributed by atoms with Crippen LogP contribution in [0.3, 0.4) is 0 Å². The molecule has 4 nitrogen and oxygen atoms in total. The number of methoxy groups -OCH3 is 1. The summed E-state index contributed by atoms with van der Waals surface area (Å²) in [7, 11) is 1.67. The zero-order chi connectivity index (χ0) is 20.0. The summed E-state index contributed by atoms with van der Waals surface area (Å²) in [6.07, 6.45) is 0.345. The zero-order valence-corrected chi connectivity index (χ0v) is 17.2. The van der Waals surface area contributed by atoms with Crippen LogP contribution in [0.15, 0.2) is 71.8 Å². The molecule has 0 aromatic heterocycles. The number of hydrogen-bond acceptors (Lipinski definition) is 4. The lowest BCUT2D eigenvalue weighted by atomic mass is 9.96. The van der Waals surface area contributed by atoms with Gasteiger partial charge in [0.05, 0.1) is 23.9 Å². The van der Waals surface area contributed by atoms with Crippen LogP contribution in [0.25, 0.3) is 0 Å². The average Bonchev–Trinajstić information content (AvgIpc) is 3.19. The van der Waals surface area contributed by atoms with Gasteiger partial charge in [-0.25, -0.2) is 5.01 Å². The van der Waals surface area contributed by atoms with E-state index in [2.05, 4.69) is 12.1 Å². The molecule has 0 fully saturated rings. The van der Waals surface area contributed by atoms with E-state index in [1.165, 1.54) is 0 Å². The van der Waals surface area contributed by atoms with E-state index in [4.69, 9.17) is 37.8 Å². The van der Waals surface area contributed by atoms with Gasteiger partial charge in [-0.3, -0.25) is 0 Å². The fourth-order valence-corrected chi connectivity index (χ4v) is 4.42. The lowest BCUT2D eigenvalue weighted by Crippen LogP contribution is -2.33. The van der Waals surface area contributed by atoms with Gasteiger partial charge in [0.2, 0.25) is 6.23 Å². The molecule has 0 unspecified atom stereocenters. The first-order valence-corrected chi connectivity index (χ1v) is 10.1. The molecule has 3 aromatic rings. The maximum atomic E-state index is 6.52. The Morgan fingerprint density at radius 3 is 2.69 bits per heavy atom. The summed E-state index contributed by atoms with van der Waals surface area (Å²) < 4.78 is 11.7. The Morgan fingerprint density at radius 1 is 1.00 bits per heavy atom. The first-order chi connectivity index (χ1) is 14.1. The average molecular weight is 425 g/mol. The van der Waals surface area contributed by atoms with E-state index in [-0.39, 0.29) is 6.04 Å². The molecule has 0 radical (unpaired) electrons. The third kappa shape index (κ3) is 3.22. The van der Waals surface area contributed by atoms with Crippen molar-refractivity contribution in [3.05, 3.63) is 93.5 Å². The highest BCUT2D eigenvalue weighted by Gasteiger charge is 2.41. The maximum Gasteiger partial charge on any atom is 0.215 e. The van der Waals surface area contributed by atoms with Crippen molar-refractivity contribution in [2.24, 2.45) is 5.10 Å². The largest absolute Gasteiger partial charge is 0.497 e. The van der Waals surface area contributed by atoms with Crippen LogP contribution in [-0.4, -0.2) is 17.8 Å². The van der Waals surface area contributed by atoms with Gasteiger partial charge in [0.25, 0.3) is 0 Å². The summed E-state index contributed by atoms with van der Waals surface area (Å²) in [5.41, 5.74) is 3.99. The first kappa shape index (κ1) is 18.3. The number of fused-ring (bicyclic) bond motifs is 3. The molecule has 29 heavy (non-hydrogen) atoms. The second-order valence-electron chi connectivity index (χ2n) is 7.05. The molecular formula is C23H18Cl2N2O2. The maximum absolute atomic E-state index is 6.52. The summed E-state index contributed by atoms with van der Waals surface area (Å²) in [6.45, 7) is 0. The van der Waals surface area contributed by atoms with Gasteiger partial charge >= 0.3 is 0 Å². The molecule has 5 rings (SSSR count). The molecule has 0 saturated heterocycles. The van der Waals surface area contributed by atoms with Gasteiger partial charge in [-0.2, -0.15) is 5.10 Å². The minimum atomic E-state index is -0.428. The van der Waals surface area contributed by atoms with Crippen molar-refractivity contribution in [2.45, 2.75) is 18.7 Å². The Bertz CT molecular complexity index is 1120. The van der Waals surface area contributed by atoms with E-state index >= 15 is 0 Å². The molecule has 2 aliphatic heterocycles. The summed E-state index contributed by atoms with van der Waals surface area (Å²) in [6, 6.07) is 21.6. The molecule has 2 aliphatic rings. The molecule has 0 spiro atoms. The standard InChI is InChI=1S/C23H18Cl2N2O2/c1-28-16-6-4-5-14(11-16)20-13-21-18-7-2-3-8-22(18)29-23(27(21)26-20)17-10-9-15(24)12-19(17)25/h2-12,21,23H,13H2,1H3/t21-,23+/m0/s1. The first-order valence-electron chi connectivity index (χ1n) is 9.35. The van der Waals surface area contributed by atoms with Crippen molar-refractivity contribution in [1.29, 1.82) is 0 Å². The highest BCUT2D eigenvalue weighted by Crippen LogP contribution is 2.48. The molecule has 0 amide bonds. The summed E-state index contributed by atoms with van der Waals surface area (Å²) in [4.78, 5) is 0. The monoisotopic (exact) mass is 424 g/mol. The SMILES string of the molecule is COc1cccc(C2=NN3[C@@H](c4ccc(Cl)cc4Cl)Oc4ccccc4[C@@H]3C2)c1. The Kier molecular flexibility index (Phi) is 4.61. The molecule has 6 heteroatoms. The number of hydrogen-bond donors (Lipinski definition) is 0. The number of hydrazone groups is 1. The molecule has 146 valence electrons. The Hall–Kier alpha value is -2.69. The van der Waals surface area contributed by atoms with Crippen LogP contribution in [0.2, 0.25) is 10.0 Å². The molecule has 0 saturated carbocycles. The highest BCUT2D eigenvalue weighted by molar-refractivity contribution is 6.35. The van der Waals surface area contributed by atoms with Gasteiger partial charge in [-0.1, -0.05) is 59.6 Å². The Balaban J connectivity index is 1.60. The smallest absolute Gasteiger partial charge is 0.215 e. The van der Waals surface area contributed by atoms with E-state index < -0.39 is 6.23 Å². The number of rotatable bonds is 3. The molecule has 0 aliphatic carbocycles. The Morgan fingerprint density at radius 2 is 1.86 bits per heavy atom. The summed E-state index contributed by atoms with van der Waals surface area (Å²) >= 11 is 12.6. The van der Waals surface area contributed by atoms with Crippen molar-refractivity contribution in [3.63, 3.8) is 0 Å². The topological polar surface area (TPSA) is 34.1 Å². The van der Waals surface area contributed by atoms with E-state index in [9.17, 15) is 0 Å². The van der Waals surface area contributed by atoms with Crippen molar-refractivity contribution in [1.82, 2.24) is 5.01 Å². The quantitative estimate of drug-likeness (QED) is 0.498. The minimum absolute atomic E-state index is 0.0675. The highest BCUT2D eigenvalue weighted by atomic mass is 35.5. The molecule has 2 heterocycles. The number of ether oxygens (including phenoxy) is 2. The number of benzene rings is 3. The minimum Gasteiger partial charge on any atom is -0.497 e. The van der Waals surface area contributed by atoms with Gasteiger partial charge in [0.15, 0.2) is 0 Å². The second-order valence-corrected chi connectivity index (χ2v) is 7.90. The van der Waals surface area contributed by atoms with Crippen LogP contribution in [-0.2, 0) is 0 Å². The lowest BCUT2D eigenvalue weighted by Gasteiger charge is -2.38. The molecule has 3 aromatic carbocycles. The van der Waals surface area contributed by atoms with Crippen LogP contribution >= 0.6 is 23.2 Å². The summed E-state index contributed by atoms with van der Waals surface area (Å²) in [5, 5.41) is 8.11. The van der Waals surface area contributed by atoms with Crippen LogP contribution in [0.1, 0.15) is 35.4 Å². The van der Waals surface area contributed by atoms with Gasteiger partial charge in [-0.05, 0) is 30.3 Å². The molecular weight excluding hydrogens is 407 g/mol. The van der Waals surface area contributed by atoms with Crippen molar-refractivity contribution < 1.29 is 9.47 Å². The van der Waals surface area contributed by atoms with Gasteiger partial charge < -0.3 is 9.47 Å². The molecule has 2 atom stereocenters. The predicted molar refractivity (Wildman–Crippen MR) is 115 cm³/mol. The van der Waals surface area contributed by atoms with Crippen molar-refractivity contribution in [2.75, 3.05) is 7.11 Å². The van der Waals surface area contributed by atoms with Gasteiger partial charge in [0, 0.05) is 28.1 Å². The third-order valence-corrected chi connectivity index (χ3v) is 5.89.